The number of carbonyl (C=O) groups is 3. The molecule has 41 heavy (non-hydrogen) atoms. The molecule has 7 N–H and O–H groups in total. The lowest BCUT2D eigenvalue weighted by Gasteiger charge is -2.13. The highest BCUT2D eigenvalue weighted by Gasteiger charge is 2.37. The van der Waals surface area contributed by atoms with E-state index in [1.54, 1.807) is 25.1 Å². The van der Waals surface area contributed by atoms with Crippen LogP contribution in [0.2, 0.25) is 0 Å². The van der Waals surface area contributed by atoms with E-state index in [-0.39, 0.29) is 42.6 Å². The number of H-pyrrole nitrogens is 1. The zero-order valence-electron chi connectivity index (χ0n) is 22.0. The van der Waals surface area contributed by atoms with Crippen molar-refractivity contribution in [2.75, 3.05) is 18.4 Å². The Kier molecular flexibility index (Phi) is 9.97. The number of hydrogen-bond donors (Lipinski definition) is 6. The van der Waals surface area contributed by atoms with E-state index in [1.165, 1.54) is 29.2 Å². The standard InChI is InChI=1S/C24H26F3N9O2.CH2O2/c1-3-14-10-15(4-5-16(14)23(38)31-7-6-30-22(37)13(2)28)34-20-21-32-12-18(36(21)9-8-29-20)17-11-33-35-19(17)24(25,26)27;2-1-3/h4-5,8-13H,3,6-7,28H2,1-2H3,(H,29,34)(H,30,37)(H,31,38)(H,33,35);1H,(H,2,3). The van der Waals surface area contributed by atoms with E-state index in [4.69, 9.17) is 15.6 Å². The van der Waals surface area contributed by atoms with Gasteiger partial charge in [-0.3, -0.25) is 23.9 Å². The number of hydrogen-bond acceptors (Lipinski definition) is 8. The molecule has 0 saturated heterocycles. The third-order valence-electron chi connectivity index (χ3n) is 5.73. The number of imidazole rings is 1. The summed E-state index contributed by atoms with van der Waals surface area (Å²) in [5, 5.41) is 21.0. The second-order valence-electron chi connectivity index (χ2n) is 8.55. The molecule has 1 aromatic carbocycles. The summed E-state index contributed by atoms with van der Waals surface area (Å²) in [6.45, 7) is 3.71. The van der Waals surface area contributed by atoms with Crippen LogP contribution in [0.15, 0.2) is 43.0 Å². The summed E-state index contributed by atoms with van der Waals surface area (Å²) < 4.78 is 41.6. The Morgan fingerprint density at radius 3 is 2.59 bits per heavy atom. The lowest BCUT2D eigenvalue weighted by Crippen LogP contribution is -2.42. The first-order valence-electron chi connectivity index (χ1n) is 12.2. The van der Waals surface area contributed by atoms with Gasteiger partial charge in [-0.05, 0) is 37.1 Å². The quantitative estimate of drug-likeness (QED) is 0.128. The number of alkyl halides is 3. The van der Waals surface area contributed by atoms with Crippen molar-refractivity contribution < 1.29 is 32.7 Å². The van der Waals surface area contributed by atoms with Gasteiger partial charge in [0, 0.05) is 42.9 Å². The fourth-order valence-electron chi connectivity index (χ4n) is 3.85. The van der Waals surface area contributed by atoms with E-state index in [0.717, 1.165) is 5.56 Å². The number of nitrogens with one attached hydrogen (secondary N) is 4. The van der Waals surface area contributed by atoms with Crippen molar-refractivity contribution in [2.45, 2.75) is 32.5 Å². The van der Waals surface area contributed by atoms with Crippen LogP contribution in [0.25, 0.3) is 16.9 Å². The second-order valence-corrected chi connectivity index (χ2v) is 8.55. The summed E-state index contributed by atoms with van der Waals surface area (Å²) in [6.07, 6.45) is 1.38. The third-order valence-corrected chi connectivity index (χ3v) is 5.73. The first-order valence-corrected chi connectivity index (χ1v) is 12.2. The van der Waals surface area contributed by atoms with E-state index in [1.807, 2.05) is 6.92 Å². The van der Waals surface area contributed by atoms with Gasteiger partial charge in [0.05, 0.1) is 23.5 Å². The molecule has 4 aromatic rings. The van der Waals surface area contributed by atoms with Crippen LogP contribution in [0.4, 0.5) is 24.7 Å². The molecule has 0 spiro atoms. The minimum atomic E-state index is -4.63. The zero-order chi connectivity index (χ0) is 30.2. The molecule has 1 unspecified atom stereocenters. The van der Waals surface area contributed by atoms with Crippen molar-refractivity contribution in [1.82, 2.24) is 35.2 Å². The largest absolute Gasteiger partial charge is 0.483 e. The Hall–Kier alpha value is -4.99. The van der Waals surface area contributed by atoms with Crippen LogP contribution in [0.3, 0.4) is 0 Å². The minimum absolute atomic E-state index is 0.136. The first-order chi connectivity index (χ1) is 19.5. The Bertz CT molecular complexity index is 1520. The number of aryl methyl sites for hydroxylation is 1. The number of rotatable bonds is 9. The van der Waals surface area contributed by atoms with E-state index in [2.05, 4.69) is 36.1 Å². The highest BCUT2D eigenvalue weighted by atomic mass is 19.4. The lowest BCUT2D eigenvalue weighted by atomic mass is 10.0. The Morgan fingerprint density at radius 1 is 1.22 bits per heavy atom. The highest BCUT2D eigenvalue weighted by molar-refractivity contribution is 5.96. The topological polar surface area (TPSA) is 192 Å². The zero-order valence-corrected chi connectivity index (χ0v) is 22.0. The van der Waals surface area contributed by atoms with Gasteiger partial charge in [-0.25, -0.2) is 9.97 Å². The Morgan fingerprint density at radius 2 is 1.93 bits per heavy atom. The van der Waals surface area contributed by atoms with Crippen LogP contribution in [0.5, 0.6) is 0 Å². The average Bonchev–Trinajstić information content (AvgIpc) is 3.59. The van der Waals surface area contributed by atoms with E-state index >= 15 is 0 Å². The van der Waals surface area contributed by atoms with Gasteiger partial charge in [0.1, 0.15) is 0 Å². The van der Waals surface area contributed by atoms with E-state index < -0.39 is 17.9 Å². The maximum atomic E-state index is 13.4. The predicted molar refractivity (Wildman–Crippen MR) is 142 cm³/mol. The van der Waals surface area contributed by atoms with Crippen LogP contribution in [-0.4, -0.2) is 67.1 Å². The van der Waals surface area contributed by atoms with Gasteiger partial charge < -0.3 is 26.8 Å². The molecule has 0 aliphatic carbocycles. The molecule has 0 radical (unpaired) electrons. The van der Waals surface area contributed by atoms with Gasteiger partial charge in [0.15, 0.2) is 17.2 Å². The Labute approximate surface area is 231 Å². The molecule has 2 amide bonds. The molecule has 0 saturated carbocycles. The van der Waals surface area contributed by atoms with Crippen LogP contribution < -0.4 is 21.7 Å². The number of benzene rings is 1. The molecule has 16 heteroatoms. The van der Waals surface area contributed by atoms with Gasteiger partial charge in [-0.15, -0.1) is 0 Å². The Balaban J connectivity index is 0.00000147. The van der Waals surface area contributed by atoms with Crippen molar-refractivity contribution in [3.63, 3.8) is 0 Å². The molecule has 0 bridgehead atoms. The first kappa shape index (κ1) is 30.6. The maximum Gasteiger partial charge on any atom is 0.435 e. The van der Waals surface area contributed by atoms with Crippen molar-refractivity contribution in [3.05, 3.63) is 59.8 Å². The summed E-state index contributed by atoms with van der Waals surface area (Å²) >= 11 is 0. The fraction of sp³-hybridized carbons (Fsp3) is 0.280. The van der Waals surface area contributed by atoms with Gasteiger partial charge in [0.2, 0.25) is 5.91 Å². The number of nitrogens with zero attached hydrogens (tertiary/aromatic N) is 4. The van der Waals surface area contributed by atoms with Crippen molar-refractivity contribution in [3.8, 4) is 11.3 Å². The number of nitrogens with two attached hydrogens (primary N) is 1. The maximum absolute atomic E-state index is 13.4. The predicted octanol–water partition coefficient (Wildman–Crippen LogP) is 2.34. The number of amides is 2. The molecular formula is C25H28F3N9O4. The van der Waals surface area contributed by atoms with Gasteiger partial charge in [0.25, 0.3) is 12.4 Å². The fourth-order valence-corrected chi connectivity index (χ4v) is 3.85. The molecule has 13 nitrogen and oxygen atoms in total. The second kappa shape index (κ2) is 13.4. The van der Waals surface area contributed by atoms with E-state index in [9.17, 15) is 22.8 Å². The normalized spacial score (nSPS) is 11.8. The monoisotopic (exact) mass is 575 g/mol. The van der Waals surface area contributed by atoms with Crippen LogP contribution in [0.1, 0.15) is 35.5 Å². The molecule has 3 heterocycles. The number of anilines is 2. The van der Waals surface area contributed by atoms with Crippen LogP contribution >= 0.6 is 0 Å². The minimum Gasteiger partial charge on any atom is -0.483 e. The molecule has 0 fully saturated rings. The summed E-state index contributed by atoms with van der Waals surface area (Å²) in [7, 11) is 0. The number of fused-ring (bicyclic) bond motifs is 1. The highest BCUT2D eigenvalue weighted by Crippen LogP contribution is 2.36. The van der Waals surface area contributed by atoms with Gasteiger partial charge in [-0.2, -0.15) is 18.3 Å². The van der Waals surface area contributed by atoms with Crippen molar-refractivity contribution in [2.24, 2.45) is 5.73 Å². The smallest absolute Gasteiger partial charge is 0.435 e. The molecule has 0 aliphatic heterocycles. The molecular weight excluding hydrogens is 547 g/mol. The SMILES string of the molecule is CCc1cc(Nc2nccn3c(-c4c[nH]nc4C(F)(F)F)cnc23)ccc1C(=O)NCCNC(=O)C(C)N.O=CO. The summed E-state index contributed by atoms with van der Waals surface area (Å²) in [4.78, 5) is 41.1. The summed E-state index contributed by atoms with van der Waals surface area (Å²) in [5.74, 6) is -0.273. The number of aromatic nitrogens is 5. The molecule has 1 atom stereocenters. The van der Waals surface area contributed by atoms with Crippen molar-refractivity contribution in [1.29, 1.82) is 0 Å². The number of aromatic amines is 1. The van der Waals surface area contributed by atoms with E-state index in [0.29, 0.717) is 29.1 Å². The molecule has 3 aromatic heterocycles. The number of halogens is 3. The lowest BCUT2D eigenvalue weighted by molar-refractivity contribution is -0.140. The van der Waals surface area contributed by atoms with Crippen molar-refractivity contribution >= 4 is 35.4 Å². The average molecular weight is 576 g/mol. The molecule has 4 rings (SSSR count). The van der Waals surface area contributed by atoms with Crippen LogP contribution in [0, 0.1) is 0 Å². The van der Waals surface area contributed by atoms with Gasteiger partial charge >= 0.3 is 6.18 Å². The van der Waals surface area contributed by atoms with Gasteiger partial charge in [-0.1, -0.05) is 6.92 Å². The summed E-state index contributed by atoms with van der Waals surface area (Å²) in [5.41, 5.74) is 6.68. The molecule has 0 aliphatic rings. The molecule has 218 valence electrons. The third kappa shape index (κ3) is 7.36. The number of carbonyl (C=O) groups excluding carboxylic acids is 2. The number of carboxylic acid groups (broad SMARTS) is 1. The van der Waals surface area contributed by atoms with Crippen LogP contribution in [-0.2, 0) is 22.2 Å². The summed E-state index contributed by atoms with van der Waals surface area (Å²) in [6, 6.07) is 4.52.